The third kappa shape index (κ3) is 7.66. The Morgan fingerprint density at radius 1 is 0.935 bits per heavy atom. The number of carbonyl (C=O) groups excluding carboxylic acids is 1. The van der Waals surface area contributed by atoms with E-state index in [1.165, 1.54) is 0 Å². The van der Waals surface area contributed by atoms with Gasteiger partial charge in [-0.1, -0.05) is 42.5 Å². The van der Waals surface area contributed by atoms with Crippen molar-refractivity contribution in [3.8, 4) is 0 Å². The molecule has 1 heterocycles. The molecule has 2 aromatic carbocycles. The van der Waals surface area contributed by atoms with Gasteiger partial charge < -0.3 is 9.88 Å². The van der Waals surface area contributed by atoms with Crippen molar-refractivity contribution >= 4 is 15.9 Å². The van der Waals surface area contributed by atoms with Crippen molar-refractivity contribution in [3.63, 3.8) is 0 Å². The molecule has 8 heteroatoms. The lowest BCUT2D eigenvalue weighted by Crippen LogP contribution is -2.26. The summed E-state index contributed by atoms with van der Waals surface area (Å²) in [6, 6.07) is 16.4. The predicted molar refractivity (Wildman–Crippen MR) is 120 cm³/mol. The van der Waals surface area contributed by atoms with Crippen LogP contribution in [-0.4, -0.2) is 37.0 Å². The van der Waals surface area contributed by atoms with E-state index in [2.05, 4.69) is 15.0 Å². The molecular weight excluding hydrogens is 412 g/mol. The highest BCUT2D eigenvalue weighted by Gasteiger charge is 2.13. The minimum atomic E-state index is -3.55. The third-order valence-corrected chi connectivity index (χ3v) is 6.37. The molecule has 0 unspecified atom stereocenters. The van der Waals surface area contributed by atoms with Gasteiger partial charge in [0.2, 0.25) is 15.9 Å². The van der Waals surface area contributed by atoms with Gasteiger partial charge >= 0.3 is 0 Å². The first kappa shape index (κ1) is 22.7. The van der Waals surface area contributed by atoms with Crippen LogP contribution in [0.15, 0.2) is 78.2 Å². The third-order valence-electron chi connectivity index (χ3n) is 4.90. The minimum absolute atomic E-state index is 0.00934. The maximum Gasteiger partial charge on any atom is 0.240 e. The van der Waals surface area contributed by atoms with E-state index in [-0.39, 0.29) is 10.8 Å². The number of sulfonamides is 1. The molecule has 0 aliphatic carbocycles. The Hall–Kier alpha value is -2.97. The molecule has 7 nitrogen and oxygen atoms in total. The van der Waals surface area contributed by atoms with Gasteiger partial charge in [0.25, 0.3) is 0 Å². The fraction of sp³-hybridized carbons (Fsp3) is 0.304. The fourth-order valence-corrected chi connectivity index (χ4v) is 4.18. The van der Waals surface area contributed by atoms with Crippen molar-refractivity contribution in [2.24, 2.45) is 0 Å². The molecule has 0 saturated carbocycles. The summed E-state index contributed by atoms with van der Waals surface area (Å²) in [7, 11) is -3.55. The number of rotatable bonds is 12. The molecule has 0 aliphatic rings. The number of carbonyl (C=O) groups is 1. The Labute approximate surface area is 183 Å². The Kier molecular flexibility index (Phi) is 8.37. The fourth-order valence-electron chi connectivity index (χ4n) is 3.15. The number of amides is 1. The van der Waals surface area contributed by atoms with Crippen LogP contribution >= 0.6 is 0 Å². The highest BCUT2D eigenvalue weighted by Crippen LogP contribution is 2.12. The van der Waals surface area contributed by atoms with Crippen LogP contribution in [0.2, 0.25) is 0 Å². The number of benzene rings is 2. The van der Waals surface area contributed by atoms with Crippen LogP contribution < -0.4 is 10.0 Å². The summed E-state index contributed by atoms with van der Waals surface area (Å²) < 4.78 is 29.5. The zero-order chi connectivity index (χ0) is 21.9. The van der Waals surface area contributed by atoms with E-state index in [0.29, 0.717) is 32.4 Å². The SMILES string of the molecule is O=C(CCc1ccc(S(=O)(=O)NCCc2ccccc2)cc1)NCCCn1ccnc1. The molecule has 0 fully saturated rings. The predicted octanol–water partition coefficient (Wildman–Crippen LogP) is 2.54. The minimum Gasteiger partial charge on any atom is -0.356 e. The van der Waals surface area contributed by atoms with Gasteiger partial charge in [0.1, 0.15) is 0 Å². The first-order chi connectivity index (χ1) is 15.0. The zero-order valence-electron chi connectivity index (χ0n) is 17.4. The second kappa shape index (κ2) is 11.4. The van der Waals surface area contributed by atoms with E-state index in [0.717, 1.165) is 24.1 Å². The maximum atomic E-state index is 12.5. The number of imidazole rings is 1. The van der Waals surface area contributed by atoms with Gasteiger partial charge in [-0.05, 0) is 42.5 Å². The molecule has 31 heavy (non-hydrogen) atoms. The molecule has 0 spiro atoms. The number of nitrogens with zero attached hydrogens (tertiary/aromatic N) is 2. The van der Waals surface area contributed by atoms with Gasteiger partial charge in [0.15, 0.2) is 0 Å². The smallest absolute Gasteiger partial charge is 0.240 e. The molecule has 0 atom stereocenters. The zero-order valence-corrected chi connectivity index (χ0v) is 18.2. The molecule has 3 aromatic rings. The molecule has 1 aromatic heterocycles. The van der Waals surface area contributed by atoms with Gasteiger partial charge in [-0.3, -0.25) is 4.79 Å². The van der Waals surface area contributed by atoms with E-state index in [9.17, 15) is 13.2 Å². The highest BCUT2D eigenvalue weighted by atomic mass is 32.2. The van der Waals surface area contributed by atoms with Crippen LogP contribution in [0, 0.1) is 0 Å². The van der Waals surface area contributed by atoms with Crippen molar-refractivity contribution in [1.82, 2.24) is 19.6 Å². The summed E-state index contributed by atoms with van der Waals surface area (Å²) >= 11 is 0. The van der Waals surface area contributed by atoms with Crippen molar-refractivity contribution in [3.05, 3.63) is 84.4 Å². The van der Waals surface area contributed by atoms with Crippen molar-refractivity contribution < 1.29 is 13.2 Å². The Morgan fingerprint density at radius 3 is 2.39 bits per heavy atom. The Balaban J connectivity index is 1.37. The number of aromatic nitrogens is 2. The number of hydrogen-bond donors (Lipinski definition) is 2. The standard InChI is InChI=1S/C23H28N4O3S/c28-23(25-14-4-17-27-18-16-24-19-27)12-9-21-7-10-22(11-8-21)31(29,30)26-15-13-20-5-2-1-3-6-20/h1-3,5-8,10-11,16,18-19,26H,4,9,12-15,17H2,(H,25,28). The summed E-state index contributed by atoms with van der Waals surface area (Å²) in [6.07, 6.45) is 7.79. The summed E-state index contributed by atoms with van der Waals surface area (Å²) in [4.78, 5) is 16.2. The van der Waals surface area contributed by atoms with Gasteiger partial charge in [-0.2, -0.15) is 0 Å². The Morgan fingerprint density at radius 2 is 1.68 bits per heavy atom. The monoisotopic (exact) mass is 440 g/mol. The normalized spacial score (nSPS) is 11.4. The maximum absolute atomic E-state index is 12.5. The van der Waals surface area contributed by atoms with Gasteiger partial charge in [-0.25, -0.2) is 18.1 Å². The quantitative estimate of drug-likeness (QED) is 0.423. The number of nitrogens with one attached hydrogen (secondary N) is 2. The van der Waals surface area contributed by atoms with Crippen molar-refractivity contribution in [1.29, 1.82) is 0 Å². The van der Waals surface area contributed by atoms with E-state index >= 15 is 0 Å². The lowest BCUT2D eigenvalue weighted by Gasteiger charge is -2.08. The summed E-state index contributed by atoms with van der Waals surface area (Å²) in [5.41, 5.74) is 2.01. The molecular formula is C23H28N4O3S. The van der Waals surface area contributed by atoms with E-state index < -0.39 is 10.0 Å². The van der Waals surface area contributed by atoms with Crippen molar-refractivity contribution in [2.45, 2.75) is 37.1 Å². The first-order valence-electron chi connectivity index (χ1n) is 10.4. The second-order valence-electron chi connectivity index (χ2n) is 7.28. The van der Waals surface area contributed by atoms with E-state index in [1.807, 2.05) is 41.1 Å². The van der Waals surface area contributed by atoms with Gasteiger partial charge in [0, 0.05) is 38.4 Å². The molecule has 3 rings (SSSR count). The van der Waals surface area contributed by atoms with Gasteiger partial charge in [-0.15, -0.1) is 0 Å². The molecule has 0 saturated heterocycles. The molecule has 1 amide bonds. The first-order valence-corrected chi connectivity index (χ1v) is 11.9. The highest BCUT2D eigenvalue weighted by molar-refractivity contribution is 7.89. The van der Waals surface area contributed by atoms with Crippen molar-refractivity contribution in [2.75, 3.05) is 13.1 Å². The largest absolute Gasteiger partial charge is 0.356 e. The van der Waals surface area contributed by atoms with Crippen LogP contribution in [0.5, 0.6) is 0 Å². The molecule has 0 bridgehead atoms. The van der Waals surface area contributed by atoms with E-state index in [4.69, 9.17) is 0 Å². The molecule has 0 radical (unpaired) electrons. The summed E-state index contributed by atoms with van der Waals surface area (Å²) in [5, 5.41) is 2.91. The lowest BCUT2D eigenvalue weighted by molar-refractivity contribution is -0.121. The second-order valence-corrected chi connectivity index (χ2v) is 9.05. The average Bonchev–Trinajstić information content (AvgIpc) is 3.30. The number of hydrogen-bond acceptors (Lipinski definition) is 4. The van der Waals surface area contributed by atoms with Crippen LogP contribution in [0.3, 0.4) is 0 Å². The summed E-state index contributed by atoms with van der Waals surface area (Å²) in [6.45, 7) is 1.77. The van der Waals surface area contributed by atoms with Crippen LogP contribution in [-0.2, 0) is 34.2 Å². The lowest BCUT2D eigenvalue weighted by atomic mass is 10.1. The number of aryl methyl sites for hydroxylation is 2. The Bertz CT molecular complexity index is 1030. The summed E-state index contributed by atoms with van der Waals surface area (Å²) in [5.74, 6) is -0.00934. The topological polar surface area (TPSA) is 93.1 Å². The van der Waals surface area contributed by atoms with Crippen LogP contribution in [0.1, 0.15) is 24.0 Å². The average molecular weight is 441 g/mol. The van der Waals surface area contributed by atoms with Crippen LogP contribution in [0.25, 0.3) is 0 Å². The van der Waals surface area contributed by atoms with E-state index in [1.54, 1.807) is 36.8 Å². The molecule has 164 valence electrons. The van der Waals surface area contributed by atoms with Crippen LogP contribution in [0.4, 0.5) is 0 Å². The molecule has 2 N–H and O–H groups in total. The molecule has 0 aliphatic heterocycles. The van der Waals surface area contributed by atoms with Gasteiger partial charge in [0.05, 0.1) is 11.2 Å².